The molecule has 2 aliphatic carbocycles. The summed E-state index contributed by atoms with van der Waals surface area (Å²) >= 11 is 1.91. The molecule has 0 saturated carbocycles. The van der Waals surface area contributed by atoms with E-state index in [0.717, 1.165) is 5.69 Å². The van der Waals surface area contributed by atoms with E-state index in [9.17, 15) is 0 Å². The van der Waals surface area contributed by atoms with Crippen molar-refractivity contribution in [2.24, 2.45) is 0 Å². The lowest BCUT2D eigenvalue weighted by molar-refractivity contribution is 0.299. The van der Waals surface area contributed by atoms with Gasteiger partial charge in [-0.25, -0.2) is 0 Å². The lowest BCUT2D eigenvalue weighted by Gasteiger charge is -2.48. The van der Waals surface area contributed by atoms with Crippen molar-refractivity contribution in [3.05, 3.63) is 150 Å². The number of thiophene rings is 1. The number of nitrogens with zero attached hydrogens (tertiary/aromatic N) is 1. The highest BCUT2D eigenvalue weighted by Gasteiger charge is 2.46. The molecule has 1 heterocycles. The van der Waals surface area contributed by atoms with Crippen molar-refractivity contribution < 1.29 is 0 Å². The largest absolute Gasteiger partial charge is 0.310 e. The van der Waals surface area contributed by atoms with Crippen LogP contribution in [0.1, 0.15) is 63.8 Å². The molecule has 230 valence electrons. The van der Waals surface area contributed by atoms with Gasteiger partial charge in [-0.2, -0.15) is 0 Å². The normalized spacial score (nSPS) is 16.4. The van der Waals surface area contributed by atoms with E-state index in [1.165, 1.54) is 76.1 Å². The first kappa shape index (κ1) is 28.6. The van der Waals surface area contributed by atoms with Crippen LogP contribution in [0.4, 0.5) is 17.1 Å². The van der Waals surface area contributed by atoms with E-state index in [4.69, 9.17) is 0 Å². The summed E-state index contributed by atoms with van der Waals surface area (Å²) in [6, 6.07) is 47.9. The number of hydrogen-bond acceptors (Lipinski definition) is 2. The number of benzene rings is 6. The van der Waals surface area contributed by atoms with Gasteiger partial charge in [0.05, 0.1) is 0 Å². The Bertz CT molecular complexity index is 2390. The van der Waals surface area contributed by atoms with Gasteiger partial charge in [-0.15, -0.1) is 11.3 Å². The number of rotatable bonds is 3. The fourth-order valence-corrected chi connectivity index (χ4v) is 9.59. The summed E-state index contributed by atoms with van der Waals surface area (Å²) in [6.07, 6.45) is 0. The minimum absolute atomic E-state index is 0.00632. The first-order valence-electron chi connectivity index (χ1n) is 16.8. The Hall–Kier alpha value is -4.66. The SMILES string of the molecule is CC1(C)c2ccccc2-c2ccc(N(c3ccccc3)c3ccc4sc5cc6c(cc5c4c3)C(C)(C)C(C)(C)c3ccccc3-6)cc21. The molecule has 0 bridgehead atoms. The highest BCUT2D eigenvalue weighted by Crippen LogP contribution is 2.56. The Morgan fingerprint density at radius 2 is 0.979 bits per heavy atom. The van der Waals surface area contributed by atoms with Gasteiger partial charge >= 0.3 is 0 Å². The molecule has 0 N–H and O–H groups in total. The second-order valence-electron chi connectivity index (χ2n) is 15.0. The van der Waals surface area contributed by atoms with Crippen LogP contribution in [0, 0.1) is 0 Å². The molecular formula is C45H39NS. The maximum absolute atomic E-state index is 2.52. The highest BCUT2D eigenvalue weighted by atomic mass is 32.1. The van der Waals surface area contributed by atoms with Gasteiger partial charge in [0.25, 0.3) is 0 Å². The maximum atomic E-state index is 2.52. The van der Waals surface area contributed by atoms with E-state index in [1.54, 1.807) is 0 Å². The number of anilines is 3. The molecule has 2 heteroatoms. The van der Waals surface area contributed by atoms with Crippen LogP contribution in [0.15, 0.2) is 127 Å². The average molecular weight is 626 g/mol. The molecule has 2 aliphatic rings. The minimum Gasteiger partial charge on any atom is -0.310 e. The molecule has 7 aromatic rings. The highest BCUT2D eigenvalue weighted by molar-refractivity contribution is 7.25. The summed E-state index contributed by atoms with van der Waals surface area (Å²) in [6.45, 7) is 14.4. The smallest absolute Gasteiger partial charge is 0.0468 e. The van der Waals surface area contributed by atoms with E-state index in [2.05, 4.69) is 174 Å². The zero-order chi connectivity index (χ0) is 32.3. The van der Waals surface area contributed by atoms with Crippen molar-refractivity contribution in [1.29, 1.82) is 0 Å². The standard InChI is InChI=1S/C45H39NS/c1-43(2)37-18-12-10-16-31(37)33-22-20-30(25-39(33)43)46(28-14-8-7-9-15-28)29-21-23-41-35(24-29)36-26-40-34(27-42(36)47-41)32-17-11-13-19-38(32)44(3,4)45(40,5)6/h7-27H,1-6H3. The number of fused-ring (bicyclic) bond motifs is 9. The van der Waals surface area contributed by atoms with Gasteiger partial charge in [0.1, 0.15) is 0 Å². The van der Waals surface area contributed by atoms with Crippen molar-refractivity contribution in [2.45, 2.75) is 57.8 Å². The van der Waals surface area contributed by atoms with Gasteiger partial charge in [-0.3, -0.25) is 0 Å². The number of hydrogen-bond donors (Lipinski definition) is 0. The lowest BCUT2D eigenvalue weighted by atomic mass is 9.55. The summed E-state index contributed by atoms with van der Waals surface area (Å²) in [5, 5.41) is 2.68. The maximum Gasteiger partial charge on any atom is 0.0468 e. The molecule has 1 nitrogen and oxygen atoms in total. The molecule has 9 rings (SSSR count). The Balaban J connectivity index is 1.24. The summed E-state index contributed by atoms with van der Waals surface area (Å²) < 4.78 is 2.68. The monoisotopic (exact) mass is 625 g/mol. The van der Waals surface area contributed by atoms with Crippen LogP contribution in [-0.2, 0) is 16.2 Å². The second kappa shape index (κ2) is 9.69. The number of para-hydroxylation sites is 1. The zero-order valence-electron chi connectivity index (χ0n) is 28.0. The van der Waals surface area contributed by atoms with Gasteiger partial charge in [-0.1, -0.05) is 114 Å². The predicted molar refractivity (Wildman–Crippen MR) is 203 cm³/mol. The van der Waals surface area contributed by atoms with Crippen LogP contribution in [0.5, 0.6) is 0 Å². The van der Waals surface area contributed by atoms with Crippen molar-refractivity contribution >= 4 is 48.6 Å². The predicted octanol–water partition coefficient (Wildman–Crippen LogP) is 13.1. The van der Waals surface area contributed by atoms with Crippen LogP contribution in [0.3, 0.4) is 0 Å². The Kier molecular flexibility index (Phi) is 5.88. The van der Waals surface area contributed by atoms with Gasteiger partial charge in [0.15, 0.2) is 0 Å². The third-order valence-electron chi connectivity index (χ3n) is 11.8. The third-order valence-corrected chi connectivity index (χ3v) is 13.0. The van der Waals surface area contributed by atoms with Gasteiger partial charge in [0.2, 0.25) is 0 Å². The Labute approximate surface area is 282 Å². The molecule has 6 aromatic carbocycles. The van der Waals surface area contributed by atoms with Gasteiger partial charge in [-0.05, 0) is 110 Å². The van der Waals surface area contributed by atoms with E-state index in [0.29, 0.717) is 0 Å². The van der Waals surface area contributed by atoms with Crippen LogP contribution in [-0.4, -0.2) is 0 Å². The Morgan fingerprint density at radius 1 is 0.404 bits per heavy atom. The summed E-state index contributed by atoms with van der Waals surface area (Å²) in [5.41, 5.74) is 14.6. The molecule has 0 unspecified atom stereocenters. The fraction of sp³-hybridized carbons (Fsp3) is 0.200. The van der Waals surface area contributed by atoms with Crippen LogP contribution in [0.2, 0.25) is 0 Å². The Morgan fingerprint density at radius 3 is 1.74 bits per heavy atom. The first-order valence-corrected chi connectivity index (χ1v) is 17.6. The molecule has 0 amide bonds. The molecular weight excluding hydrogens is 587 g/mol. The average Bonchev–Trinajstić information content (AvgIpc) is 3.55. The molecule has 0 saturated heterocycles. The van der Waals surface area contributed by atoms with E-state index < -0.39 is 0 Å². The van der Waals surface area contributed by atoms with Crippen LogP contribution in [0.25, 0.3) is 42.4 Å². The molecule has 0 fully saturated rings. The fourth-order valence-electron chi connectivity index (χ4n) is 8.48. The van der Waals surface area contributed by atoms with Crippen molar-refractivity contribution in [2.75, 3.05) is 4.90 Å². The summed E-state index contributed by atoms with van der Waals surface area (Å²) in [7, 11) is 0. The third kappa shape index (κ3) is 3.88. The summed E-state index contributed by atoms with van der Waals surface area (Å²) in [4.78, 5) is 2.43. The zero-order valence-corrected chi connectivity index (χ0v) is 28.8. The van der Waals surface area contributed by atoms with Crippen molar-refractivity contribution in [3.8, 4) is 22.3 Å². The van der Waals surface area contributed by atoms with Crippen molar-refractivity contribution in [3.63, 3.8) is 0 Å². The summed E-state index contributed by atoms with van der Waals surface area (Å²) in [5.74, 6) is 0. The van der Waals surface area contributed by atoms with Crippen LogP contribution < -0.4 is 4.90 Å². The van der Waals surface area contributed by atoms with Gasteiger partial charge < -0.3 is 4.90 Å². The molecule has 1 aromatic heterocycles. The molecule has 47 heavy (non-hydrogen) atoms. The minimum atomic E-state index is -0.0594. The van der Waals surface area contributed by atoms with Crippen LogP contribution >= 0.6 is 11.3 Å². The quantitative estimate of drug-likeness (QED) is 0.189. The van der Waals surface area contributed by atoms with E-state index in [1.807, 2.05) is 11.3 Å². The lowest BCUT2D eigenvalue weighted by Crippen LogP contribution is -2.43. The topological polar surface area (TPSA) is 3.24 Å². The molecule has 0 radical (unpaired) electrons. The van der Waals surface area contributed by atoms with Crippen molar-refractivity contribution in [1.82, 2.24) is 0 Å². The second-order valence-corrected chi connectivity index (χ2v) is 16.1. The van der Waals surface area contributed by atoms with E-state index in [-0.39, 0.29) is 16.2 Å². The molecule has 0 atom stereocenters. The van der Waals surface area contributed by atoms with Gasteiger partial charge in [0, 0.05) is 42.6 Å². The molecule has 0 aliphatic heterocycles. The molecule has 0 spiro atoms. The van der Waals surface area contributed by atoms with E-state index >= 15 is 0 Å². The first-order chi connectivity index (χ1) is 22.6.